The van der Waals surface area contributed by atoms with E-state index in [0.29, 0.717) is 6.54 Å². The molecule has 1 amide bonds. The standard InChI is InChI=1S/C14H23N3O/c1-4-13(17(3)5-2)14(18)16-11-8-12-6-9-15-10-7-12/h6-7,9-10,13H,4-5,8,11H2,1-3H3,(H,16,18). The zero-order chi connectivity index (χ0) is 13.4. The van der Waals surface area contributed by atoms with E-state index in [2.05, 4.69) is 22.1 Å². The van der Waals surface area contributed by atoms with Crippen molar-refractivity contribution < 1.29 is 4.79 Å². The van der Waals surface area contributed by atoms with Crippen molar-refractivity contribution in [1.82, 2.24) is 15.2 Å². The average molecular weight is 249 g/mol. The minimum atomic E-state index is -0.0209. The van der Waals surface area contributed by atoms with Crippen molar-refractivity contribution in [2.24, 2.45) is 0 Å². The lowest BCUT2D eigenvalue weighted by Gasteiger charge is -2.24. The SMILES string of the molecule is CCC(C(=O)NCCc1ccncc1)N(C)CC. The Morgan fingerprint density at radius 2 is 2.06 bits per heavy atom. The van der Waals surface area contributed by atoms with E-state index in [0.717, 1.165) is 19.4 Å². The number of pyridine rings is 1. The van der Waals surface area contributed by atoms with Crippen LogP contribution < -0.4 is 5.32 Å². The van der Waals surface area contributed by atoms with E-state index in [1.165, 1.54) is 5.56 Å². The second-order valence-corrected chi connectivity index (χ2v) is 4.39. The number of carbonyl (C=O) groups is 1. The topological polar surface area (TPSA) is 45.2 Å². The molecule has 0 aromatic carbocycles. The Hall–Kier alpha value is -1.42. The highest BCUT2D eigenvalue weighted by Gasteiger charge is 2.19. The van der Waals surface area contributed by atoms with Crippen molar-refractivity contribution in [2.45, 2.75) is 32.7 Å². The Morgan fingerprint density at radius 3 is 2.61 bits per heavy atom. The number of rotatable bonds is 7. The molecule has 0 aliphatic carbocycles. The highest BCUT2D eigenvalue weighted by atomic mass is 16.2. The zero-order valence-corrected chi connectivity index (χ0v) is 11.5. The summed E-state index contributed by atoms with van der Waals surface area (Å²) in [6.07, 6.45) is 5.24. The largest absolute Gasteiger partial charge is 0.354 e. The van der Waals surface area contributed by atoms with Crippen LogP contribution in [-0.2, 0) is 11.2 Å². The number of amides is 1. The molecule has 1 rings (SSSR count). The molecule has 0 spiro atoms. The van der Waals surface area contributed by atoms with Crippen LogP contribution in [0, 0.1) is 0 Å². The first-order valence-corrected chi connectivity index (χ1v) is 6.55. The fourth-order valence-corrected chi connectivity index (χ4v) is 1.91. The molecule has 0 aliphatic heterocycles. The number of carbonyl (C=O) groups excluding carboxylic acids is 1. The van der Waals surface area contributed by atoms with Gasteiger partial charge in [-0.05, 0) is 44.1 Å². The lowest BCUT2D eigenvalue weighted by atomic mass is 10.1. The number of nitrogens with zero attached hydrogens (tertiary/aromatic N) is 2. The molecule has 0 aliphatic rings. The molecule has 1 unspecified atom stereocenters. The summed E-state index contributed by atoms with van der Waals surface area (Å²) in [5.74, 6) is 0.121. The van der Waals surface area contributed by atoms with Crippen molar-refractivity contribution in [3.05, 3.63) is 30.1 Å². The Bertz CT molecular complexity index is 353. The summed E-state index contributed by atoms with van der Waals surface area (Å²) in [5, 5.41) is 3.00. The minimum Gasteiger partial charge on any atom is -0.354 e. The molecule has 0 bridgehead atoms. The van der Waals surface area contributed by atoms with Crippen molar-refractivity contribution in [2.75, 3.05) is 20.1 Å². The summed E-state index contributed by atoms with van der Waals surface area (Å²) in [6, 6.07) is 3.93. The summed E-state index contributed by atoms with van der Waals surface area (Å²) in [7, 11) is 1.98. The maximum atomic E-state index is 12.0. The van der Waals surface area contributed by atoms with Gasteiger partial charge >= 0.3 is 0 Å². The highest BCUT2D eigenvalue weighted by molar-refractivity contribution is 5.81. The third-order valence-electron chi connectivity index (χ3n) is 3.18. The van der Waals surface area contributed by atoms with Gasteiger partial charge in [0, 0.05) is 18.9 Å². The van der Waals surface area contributed by atoms with Crippen LogP contribution in [0.3, 0.4) is 0 Å². The van der Waals surface area contributed by atoms with E-state index in [9.17, 15) is 4.79 Å². The third kappa shape index (κ3) is 4.45. The van der Waals surface area contributed by atoms with Gasteiger partial charge in [-0.25, -0.2) is 0 Å². The molecule has 1 atom stereocenters. The third-order valence-corrected chi connectivity index (χ3v) is 3.18. The minimum absolute atomic E-state index is 0.0209. The average Bonchev–Trinajstić information content (AvgIpc) is 2.40. The number of nitrogens with one attached hydrogen (secondary N) is 1. The van der Waals surface area contributed by atoms with Gasteiger partial charge in [-0.15, -0.1) is 0 Å². The van der Waals surface area contributed by atoms with Gasteiger partial charge in [0.05, 0.1) is 6.04 Å². The first-order valence-electron chi connectivity index (χ1n) is 6.55. The van der Waals surface area contributed by atoms with Gasteiger partial charge in [0.2, 0.25) is 5.91 Å². The first kappa shape index (κ1) is 14.6. The molecule has 4 heteroatoms. The van der Waals surface area contributed by atoms with Crippen LogP contribution in [0.25, 0.3) is 0 Å². The number of hydrogen-bond acceptors (Lipinski definition) is 3. The summed E-state index contributed by atoms with van der Waals surface area (Å²) in [4.78, 5) is 18.0. The summed E-state index contributed by atoms with van der Waals surface area (Å²) in [6.45, 7) is 5.67. The van der Waals surface area contributed by atoms with E-state index in [1.54, 1.807) is 12.4 Å². The molecule has 1 heterocycles. The van der Waals surface area contributed by atoms with Crippen molar-refractivity contribution >= 4 is 5.91 Å². The van der Waals surface area contributed by atoms with Crippen LogP contribution >= 0.6 is 0 Å². The van der Waals surface area contributed by atoms with Gasteiger partial charge in [-0.3, -0.25) is 14.7 Å². The Morgan fingerprint density at radius 1 is 1.39 bits per heavy atom. The Kier molecular flexibility index (Phi) is 6.36. The predicted molar refractivity (Wildman–Crippen MR) is 73.3 cm³/mol. The van der Waals surface area contributed by atoms with Crippen LogP contribution in [0.5, 0.6) is 0 Å². The quantitative estimate of drug-likeness (QED) is 0.796. The van der Waals surface area contributed by atoms with E-state index in [1.807, 2.05) is 26.1 Å². The number of hydrogen-bond donors (Lipinski definition) is 1. The summed E-state index contributed by atoms with van der Waals surface area (Å²) < 4.78 is 0. The molecule has 100 valence electrons. The fourth-order valence-electron chi connectivity index (χ4n) is 1.91. The molecule has 0 radical (unpaired) electrons. The summed E-state index contributed by atoms with van der Waals surface area (Å²) >= 11 is 0. The zero-order valence-electron chi connectivity index (χ0n) is 11.5. The Balaban J connectivity index is 2.36. The predicted octanol–water partition coefficient (Wildman–Crippen LogP) is 1.47. The molecular formula is C14H23N3O. The van der Waals surface area contributed by atoms with Gasteiger partial charge in [0.1, 0.15) is 0 Å². The molecule has 1 N–H and O–H groups in total. The molecule has 0 saturated carbocycles. The van der Waals surface area contributed by atoms with Gasteiger partial charge in [0.25, 0.3) is 0 Å². The van der Waals surface area contributed by atoms with Crippen LogP contribution in [0.4, 0.5) is 0 Å². The first-order chi connectivity index (χ1) is 8.69. The number of aromatic nitrogens is 1. The van der Waals surface area contributed by atoms with Crippen LogP contribution in [0.2, 0.25) is 0 Å². The van der Waals surface area contributed by atoms with Gasteiger partial charge in [-0.1, -0.05) is 13.8 Å². The molecule has 1 aromatic heterocycles. The maximum Gasteiger partial charge on any atom is 0.237 e. The lowest BCUT2D eigenvalue weighted by molar-refractivity contribution is -0.126. The molecule has 4 nitrogen and oxygen atoms in total. The maximum absolute atomic E-state index is 12.0. The van der Waals surface area contributed by atoms with Crippen molar-refractivity contribution in [3.63, 3.8) is 0 Å². The molecular weight excluding hydrogens is 226 g/mol. The molecule has 1 aromatic rings. The molecule has 0 fully saturated rings. The normalized spacial score (nSPS) is 12.4. The lowest BCUT2D eigenvalue weighted by Crippen LogP contribution is -2.45. The fraction of sp³-hybridized carbons (Fsp3) is 0.571. The van der Waals surface area contributed by atoms with Crippen LogP contribution in [0.15, 0.2) is 24.5 Å². The van der Waals surface area contributed by atoms with Crippen molar-refractivity contribution in [1.29, 1.82) is 0 Å². The van der Waals surface area contributed by atoms with E-state index in [4.69, 9.17) is 0 Å². The van der Waals surface area contributed by atoms with Crippen LogP contribution in [-0.4, -0.2) is 42.0 Å². The van der Waals surface area contributed by atoms with E-state index >= 15 is 0 Å². The monoisotopic (exact) mass is 249 g/mol. The molecule has 0 saturated heterocycles. The van der Waals surface area contributed by atoms with Crippen LogP contribution in [0.1, 0.15) is 25.8 Å². The van der Waals surface area contributed by atoms with E-state index in [-0.39, 0.29) is 11.9 Å². The number of likely N-dealkylation sites (N-methyl/N-ethyl adjacent to an activating group) is 1. The van der Waals surface area contributed by atoms with Gasteiger partial charge in [-0.2, -0.15) is 0 Å². The summed E-state index contributed by atoms with van der Waals surface area (Å²) in [5.41, 5.74) is 1.20. The van der Waals surface area contributed by atoms with Crippen molar-refractivity contribution in [3.8, 4) is 0 Å². The van der Waals surface area contributed by atoms with Gasteiger partial charge in [0.15, 0.2) is 0 Å². The second-order valence-electron chi connectivity index (χ2n) is 4.39. The van der Waals surface area contributed by atoms with Gasteiger partial charge < -0.3 is 5.32 Å². The Labute approximate surface area is 109 Å². The smallest absolute Gasteiger partial charge is 0.237 e. The highest BCUT2D eigenvalue weighted by Crippen LogP contribution is 2.02. The van der Waals surface area contributed by atoms with E-state index < -0.39 is 0 Å². The molecule has 18 heavy (non-hydrogen) atoms. The second kappa shape index (κ2) is 7.82.